The number of nitrogens with one attached hydrogen (secondary N) is 1. The molecule has 3 nitrogen and oxygen atoms in total. The molecular weight excluding hydrogens is 474 g/mol. The average molecular weight is 508 g/mol. The van der Waals surface area contributed by atoms with E-state index in [4.69, 9.17) is 5.73 Å². The lowest BCUT2D eigenvalue weighted by atomic mass is 9.85. The van der Waals surface area contributed by atoms with Crippen LogP contribution in [0.4, 0.5) is 17.1 Å². The number of nitrogen functional groups attached to an aromatic ring is 1. The minimum atomic E-state index is -0.0192. The first-order valence-electron chi connectivity index (χ1n) is 13.4. The first-order valence-corrected chi connectivity index (χ1v) is 13.4. The zero-order chi connectivity index (χ0) is 27.0. The van der Waals surface area contributed by atoms with Gasteiger partial charge in [0.15, 0.2) is 0 Å². The summed E-state index contributed by atoms with van der Waals surface area (Å²) in [5.41, 5.74) is 18.0. The molecular formula is C36H33N3. The van der Waals surface area contributed by atoms with Crippen molar-refractivity contribution in [1.82, 2.24) is 4.57 Å². The Labute approximate surface area is 230 Å². The molecule has 0 fully saturated rings. The van der Waals surface area contributed by atoms with Gasteiger partial charge in [0.25, 0.3) is 0 Å². The monoisotopic (exact) mass is 507 g/mol. The fourth-order valence-corrected chi connectivity index (χ4v) is 5.80. The average Bonchev–Trinajstić information content (AvgIpc) is 3.42. The molecule has 0 aliphatic heterocycles. The van der Waals surface area contributed by atoms with Crippen LogP contribution in [0.5, 0.6) is 0 Å². The highest BCUT2D eigenvalue weighted by Gasteiger charge is 2.40. The van der Waals surface area contributed by atoms with E-state index in [9.17, 15) is 0 Å². The van der Waals surface area contributed by atoms with E-state index in [0.717, 1.165) is 17.1 Å². The van der Waals surface area contributed by atoms with Crippen molar-refractivity contribution < 1.29 is 0 Å². The van der Waals surface area contributed by atoms with Crippen LogP contribution in [0.1, 0.15) is 30.7 Å². The largest absolute Gasteiger partial charge is 0.397 e. The van der Waals surface area contributed by atoms with Crippen molar-refractivity contribution >= 4 is 28.0 Å². The molecule has 6 aromatic rings. The summed E-state index contributed by atoms with van der Waals surface area (Å²) in [5.74, 6) is 0. The Balaban J connectivity index is 0.000000168. The first-order chi connectivity index (χ1) is 18.9. The van der Waals surface area contributed by atoms with Crippen LogP contribution in [0.3, 0.4) is 0 Å². The van der Waals surface area contributed by atoms with Gasteiger partial charge in [-0.05, 0) is 66.1 Å². The summed E-state index contributed by atoms with van der Waals surface area (Å²) in [4.78, 5) is 0. The van der Waals surface area contributed by atoms with Crippen molar-refractivity contribution in [3.05, 3.63) is 144 Å². The molecule has 0 amide bonds. The van der Waals surface area contributed by atoms with Gasteiger partial charge in [0, 0.05) is 33.4 Å². The lowest BCUT2D eigenvalue weighted by Crippen LogP contribution is -2.19. The second kappa shape index (κ2) is 9.85. The van der Waals surface area contributed by atoms with Crippen molar-refractivity contribution in [3.63, 3.8) is 0 Å². The van der Waals surface area contributed by atoms with E-state index in [2.05, 4.69) is 103 Å². The fraction of sp³-hybridized carbons (Fsp3) is 0.111. The van der Waals surface area contributed by atoms with E-state index in [1.54, 1.807) is 0 Å². The summed E-state index contributed by atoms with van der Waals surface area (Å²) in [6.45, 7) is 6.86. The van der Waals surface area contributed by atoms with Crippen molar-refractivity contribution in [2.45, 2.75) is 26.2 Å². The normalized spacial score (nSPS) is 12.8. The molecule has 192 valence electrons. The zero-order valence-electron chi connectivity index (χ0n) is 22.6. The van der Waals surface area contributed by atoms with E-state index in [0.29, 0.717) is 0 Å². The lowest BCUT2D eigenvalue weighted by molar-refractivity contribution is 0.623. The maximum Gasteiger partial charge on any atom is 0.0617 e. The Morgan fingerprint density at radius 1 is 0.692 bits per heavy atom. The number of nitrogens with zero attached hydrogens (tertiary/aromatic N) is 1. The highest BCUT2D eigenvalue weighted by molar-refractivity contribution is 6.03. The van der Waals surface area contributed by atoms with E-state index in [-0.39, 0.29) is 5.41 Å². The van der Waals surface area contributed by atoms with Gasteiger partial charge in [0.05, 0.1) is 16.9 Å². The summed E-state index contributed by atoms with van der Waals surface area (Å²) in [6.07, 6.45) is 0. The maximum absolute atomic E-state index is 5.81. The molecule has 0 atom stereocenters. The number of hydrogen-bond donors (Lipinski definition) is 2. The van der Waals surface area contributed by atoms with E-state index < -0.39 is 0 Å². The highest BCUT2D eigenvalue weighted by Crippen LogP contribution is 2.53. The standard InChI is InChI=1S/C24H21N.C12H12N2/c1-16-9-8-10-17(15-16)25-21-14-7-5-12-19(21)22-18-11-4-6-13-20(18)24(2,3)23(22)25;13-11-8-4-5-9-12(11)14-10-6-2-1-3-7-10/h4-15H,1-3H3;1-9,14H,13H2. The van der Waals surface area contributed by atoms with Crippen LogP contribution < -0.4 is 11.1 Å². The Hall–Kier alpha value is -4.76. The van der Waals surface area contributed by atoms with Crippen LogP contribution in [0.25, 0.3) is 27.7 Å². The summed E-state index contributed by atoms with van der Waals surface area (Å²) >= 11 is 0. The molecule has 1 heterocycles. The molecule has 7 rings (SSSR count). The second-order valence-electron chi connectivity index (χ2n) is 10.7. The van der Waals surface area contributed by atoms with E-state index in [1.807, 2.05) is 54.6 Å². The van der Waals surface area contributed by atoms with Gasteiger partial charge in [-0.1, -0.05) is 98.8 Å². The molecule has 1 aromatic heterocycles. The van der Waals surface area contributed by atoms with Crippen LogP contribution in [0, 0.1) is 6.92 Å². The maximum atomic E-state index is 5.81. The number of benzene rings is 5. The molecule has 0 unspecified atom stereocenters. The molecule has 3 heteroatoms. The third kappa shape index (κ3) is 4.36. The predicted octanol–water partition coefficient (Wildman–Crippen LogP) is 9.26. The number of hydrogen-bond acceptors (Lipinski definition) is 2. The Morgan fingerprint density at radius 2 is 1.38 bits per heavy atom. The predicted molar refractivity (Wildman–Crippen MR) is 166 cm³/mol. The molecule has 39 heavy (non-hydrogen) atoms. The van der Waals surface area contributed by atoms with Gasteiger partial charge in [0.2, 0.25) is 0 Å². The molecule has 0 radical (unpaired) electrons. The molecule has 1 aliphatic rings. The number of anilines is 3. The van der Waals surface area contributed by atoms with Crippen molar-refractivity contribution in [3.8, 4) is 16.8 Å². The molecule has 0 saturated heterocycles. The lowest BCUT2D eigenvalue weighted by Gasteiger charge is -2.24. The second-order valence-corrected chi connectivity index (χ2v) is 10.7. The fourth-order valence-electron chi connectivity index (χ4n) is 5.80. The number of rotatable bonds is 3. The summed E-state index contributed by atoms with van der Waals surface area (Å²) in [5, 5.41) is 4.59. The van der Waals surface area contributed by atoms with E-state index in [1.165, 1.54) is 44.5 Å². The van der Waals surface area contributed by atoms with Gasteiger partial charge in [-0.2, -0.15) is 0 Å². The van der Waals surface area contributed by atoms with Gasteiger partial charge in [-0.25, -0.2) is 0 Å². The van der Waals surface area contributed by atoms with Crippen molar-refractivity contribution in [2.75, 3.05) is 11.1 Å². The van der Waals surface area contributed by atoms with E-state index >= 15 is 0 Å². The van der Waals surface area contributed by atoms with Crippen LogP contribution in [-0.2, 0) is 5.41 Å². The van der Waals surface area contributed by atoms with Crippen molar-refractivity contribution in [2.24, 2.45) is 0 Å². The summed E-state index contributed by atoms with van der Waals surface area (Å²) < 4.78 is 2.47. The highest BCUT2D eigenvalue weighted by atomic mass is 15.0. The SMILES string of the molecule is Cc1cccc(-n2c3c(c4ccccc42)-c2ccccc2C3(C)C)c1.Nc1ccccc1Nc1ccccc1. The zero-order valence-corrected chi connectivity index (χ0v) is 22.6. The van der Waals surface area contributed by atoms with Crippen LogP contribution >= 0.6 is 0 Å². The third-order valence-corrected chi connectivity index (χ3v) is 7.61. The van der Waals surface area contributed by atoms with Gasteiger partial charge >= 0.3 is 0 Å². The smallest absolute Gasteiger partial charge is 0.0617 e. The number of para-hydroxylation sites is 4. The van der Waals surface area contributed by atoms with Crippen molar-refractivity contribution in [1.29, 1.82) is 0 Å². The molecule has 1 aliphatic carbocycles. The molecule has 3 N–H and O–H groups in total. The number of aryl methyl sites for hydroxylation is 1. The van der Waals surface area contributed by atoms with Crippen LogP contribution in [0.15, 0.2) is 127 Å². The third-order valence-electron chi connectivity index (χ3n) is 7.61. The van der Waals surface area contributed by atoms with Crippen LogP contribution in [0.2, 0.25) is 0 Å². The first kappa shape index (κ1) is 24.6. The quantitative estimate of drug-likeness (QED) is 0.234. The minimum Gasteiger partial charge on any atom is -0.397 e. The van der Waals surface area contributed by atoms with Gasteiger partial charge < -0.3 is 15.6 Å². The Bertz CT molecular complexity index is 1780. The molecule has 0 spiro atoms. The van der Waals surface area contributed by atoms with Crippen LogP contribution in [-0.4, -0.2) is 4.57 Å². The minimum absolute atomic E-state index is 0.0192. The number of aromatic nitrogens is 1. The van der Waals surface area contributed by atoms with Gasteiger partial charge in [-0.15, -0.1) is 0 Å². The summed E-state index contributed by atoms with van der Waals surface area (Å²) in [7, 11) is 0. The topological polar surface area (TPSA) is 43.0 Å². The Morgan fingerprint density at radius 3 is 2.18 bits per heavy atom. The Kier molecular flexibility index (Phi) is 6.20. The number of fused-ring (bicyclic) bond motifs is 5. The van der Waals surface area contributed by atoms with Gasteiger partial charge in [-0.3, -0.25) is 0 Å². The molecule has 0 saturated carbocycles. The summed E-state index contributed by atoms with van der Waals surface area (Å²) in [6, 6.07) is 44.2. The number of nitrogens with two attached hydrogens (primary N) is 1. The molecule has 0 bridgehead atoms. The van der Waals surface area contributed by atoms with Gasteiger partial charge in [0.1, 0.15) is 0 Å². The molecule has 5 aromatic carbocycles.